The fraction of sp³-hybridized carbons (Fsp3) is 0.534. The molecule has 11 amide bonds. The number of guanidine groups is 2. The number of ketones is 2. The number of rotatable bonds is 38. The van der Waals surface area contributed by atoms with E-state index in [4.69, 9.17) is 33.8 Å². The molecule has 0 bridgehead atoms. The number of amides is 11. The van der Waals surface area contributed by atoms with Crippen LogP contribution in [0.25, 0.3) is 0 Å². The fourth-order valence-electron chi connectivity index (χ4n) is 9.55. The van der Waals surface area contributed by atoms with Gasteiger partial charge in [-0.25, -0.2) is 0 Å². The molecule has 2 aromatic rings. The van der Waals surface area contributed by atoms with Crippen molar-refractivity contribution in [2.75, 3.05) is 33.3 Å². The summed E-state index contributed by atoms with van der Waals surface area (Å²) in [4.78, 5) is 179. The first-order chi connectivity index (χ1) is 43.3. The summed E-state index contributed by atoms with van der Waals surface area (Å²) in [7, 11) is 1.40. The minimum Gasteiger partial charge on any atom is -0.508 e. The van der Waals surface area contributed by atoms with Crippen molar-refractivity contribution in [2.45, 2.75) is 152 Å². The van der Waals surface area contributed by atoms with E-state index in [0.717, 1.165) is 0 Å². The summed E-state index contributed by atoms with van der Waals surface area (Å²) in [5.41, 5.74) is 19.7. The van der Waals surface area contributed by atoms with Crippen LogP contribution in [0.4, 0.5) is 0 Å². The summed E-state index contributed by atoms with van der Waals surface area (Å²) >= 11 is 0. The van der Waals surface area contributed by atoms with Crippen molar-refractivity contribution < 1.29 is 77.6 Å². The van der Waals surface area contributed by atoms with Crippen molar-refractivity contribution in [3.8, 4) is 11.5 Å². The lowest BCUT2D eigenvalue weighted by molar-refractivity contribution is -0.151. The van der Waals surface area contributed by atoms with Gasteiger partial charge in [0.2, 0.25) is 64.6 Å². The van der Waals surface area contributed by atoms with E-state index in [0.29, 0.717) is 5.56 Å². The van der Waals surface area contributed by atoms with Crippen molar-refractivity contribution in [1.29, 1.82) is 10.8 Å². The molecule has 8 atom stereocenters. The number of benzene rings is 2. The van der Waals surface area contributed by atoms with Crippen LogP contribution in [0.5, 0.6) is 11.5 Å². The topological polar surface area (TPSA) is 579 Å². The summed E-state index contributed by atoms with van der Waals surface area (Å²) in [6.45, 7) is 5.26. The molecule has 0 saturated heterocycles. The quantitative estimate of drug-likeness (QED) is 0.0129. The molecular weight excluding hydrogens is 1200 g/mol. The Hall–Kier alpha value is -9.99. The second-order valence-corrected chi connectivity index (χ2v) is 22.7. The Morgan fingerprint density at radius 1 is 0.543 bits per heavy atom. The molecule has 0 aromatic heterocycles. The third-order valence-corrected chi connectivity index (χ3v) is 14.4. The van der Waals surface area contributed by atoms with E-state index in [2.05, 4.69) is 63.8 Å². The van der Waals surface area contributed by atoms with Crippen molar-refractivity contribution in [3.63, 3.8) is 0 Å². The van der Waals surface area contributed by atoms with Crippen molar-refractivity contribution in [2.24, 2.45) is 34.8 Å². The van der Waals surface area contributed by atoms with Crippen molar-refractivity contribution in [1.82, 2.24) is 63.8 Å². The predicted octanol–water partition coefficient (Wildman–Crippen LogP) is -6.26. The largest absolute Gasteiger partial charge is 0.508 e. The van der Waals surface area contributed by atoms with Crippen molar-refractivity contribution in [3.05, 3.63) is 59.7 Å². The lowest BCUT2D eigenvalue weighted by Gasteiger charge is -2.35. The second-order valence-electron chi connectivity index (χ2n) is 22.7. The van der Waals surface area contributed by atoms with E-state index >= 15 is 0 Å². The molecule has 92 heavy (non-hydrogen) atoms. The fourth-order valence-corrected chi connectivity index (χ4v) is 9.55. The maximum absolute atomic E-state index is 14.7. The van der Waals surface area contributed by atoms with Gasteiger partial charge in [-0.3, -0.25) is 73.1 Å². The number of likely N-dealkylation sites (N-methyl/N-ethyl adjacent to an activating group) is 1. The molecule has 506 valence electrons. The first kappa shape index (κ1) is 76.3. The van der Waals surface area contributed by atoms with Crippen LogP contribution in [0.15, 0.2) is 48.5 Å². The number of carbonyl (C=O) groups excluding carboxylic acids is 13. The van der Waals surface area contributed by atoms with Gasteiger partial charge >= 0.3 is 0 Å². The molecule has 0 spiro atoms. The van der Waals surface area contributed by atoms with Crippen LogP contribution >= 0.6 is 0 Å². The Bertz CT molecular complexity index is 2970. The average molecular weight is 1290 g/mol. The van der Waals surface area contributed by atoms with Gasteiger partial charge in [0.1, 0.15) is 59.8 Å². The monoisotopic (exact) mass is 1290 g/mol. The van der Waals surface area contributed by atoms with E-state index < -0.39 is 174 Å². The minimum atomic E-state index is -2.76. The Kier molecular flexibility index (Phi) is 30.9. The second kappa shape index (κ2) is 37.2. The smallest absolute Gasteiger partial charge is 0.262 e. The molecule has 2 aromatic carbocycles. The number of hydrogen-bond acceptors (Lipinski definition) is 19. The maximum atomic E-state index is 14.7. The third kappa shape index (κ3) is 24.8. The highest BCUT2D eigenvalue weighted by Crippen LogP contribution is 2.24. The molecule has 0 radical (unpaired) electrons. The molecule has 3 rings (SSSR count). The van der Waals surface area contributed by atoms with Gasteiger partial charge in [-0.15, -0.1) is 0 Å². The first-order valence-corrected chi connectivity index (χ1v) is 29.7. The maximum Gasteiger partial charge on any atom is 0.262 e. The number of nitrogens with one attached hydrogen (secondary N) is 14. The van der Waals surface area contributed by atoms with Crippen molar-refractivity contribution >= 4 is 88.5 Å². The lowest BCUT2D eigenvalue weighted by Crippen LogP contribution is -2.71. The van der Waals surface area contributed by atoms with Gasteiger partial charge in [-0.1, -0.05) is 52.0 Å². The van der Waals surface area contributed by atoms with Crippen LogP contribution in [-0.2, 0) is 75.2 Å². The zero-order chi connectivity index (χ0) is 69.0. The Morgan fingerprint density at radius 3 is 1.38 bits per heavy atom. The number of phenolic OH excluding ortho intramolecular Hbond substituents is 2. The van der Waals surface area contributed by atoms with Crippen LogP contribution in [0.1, 0.15) is 96.6 Å². The first-order valence-electron chi connectivity index (χ1n) is 29.7. The lowest BCUT2D eigenvalue weighted by atomic mass is 9.78. The van der Waals surface area contributed by atoms with E-state index in [-0.39, 0.29) is 93.9 Å². The number of aliphatic hydroxyl groups excluding tert-OH is 1. The normalized spacial score (nSPS) is 15.2. The summed E-state index contributed by atoms with van der Waals surface area (Å²) in [5.74, 6) is -15.9. The van der Waals surface area contributed by atoms with Crippen LogP contribution < -0.4 is 86.7 Å². The summed E-state index contributed by atoms with van der Waals surface area (Å²) in [6, 6.07) is -2.04. The molecule has 0 unspecified atom stereocenters. The van der Waals surface area contributed by atoms with E-state index in [1.54, 1.807) is 27.7 Å². The molecule has 1 aliphatic rings. The number of aliphatic hydroxyl groups is 1. The van der Waals surface area contributed by atoms with Gasteiger partial charge in [0.05, 0.1) is 19.6 Å². The van der Waals surface area contributed by atoms with Crippen LogP contribution in [0.2, 0.25) is 0 Å². The van der Waals surface area contributed by atoms with Gasteiger partial charge < -0.3 is 102 Å². The van der Waals surface area contributed by atoms with Crippen LogP contribution in [-0.4, -0.2) is 191 Å². The summed E-state index contributed by atoms with van der Waals surface area (Å²) in [5, 5.41) is 74.6. The highest BCUT2D eigenvalue weighted by Gasteiger charge is 2.55. The molecule has 0 heterocycles. The van der Waals surface area contributed by atoms with Gasteiger partial charge in [0.25, 0.3) is 5.91 Å². The third-order valence-electron chi connectivity index (χ3n) is 14.4. The van der Waals surface area contributed by atoms with E-state index in [9.17, 15) is 77.6 Å². The number of carbonyl (C=O) groups is 13. The molecule has 34 nitrogen and oxygen atoms in total. The van der Waals surface area contributed by atoms with E-state index in [1.807, 2.05) is 0 Å². The molecule has 1 fully saturated rings. The van der Waals surface area contributed by atoms with Crippen LogP contribution in [0, 0.1) is 22.7 Å². The standard InChI is InChI=1S/C58H88N18O16/c1-29(2)23-37(70-53(90)40(26-44(59)82)72-52(89)39(25-32-15-19-34(79)20-16-32)74-55(92)58(76-45(83)27-65-5)42(80)11-6-12-43(58)81)50(87)71-38(24-31-13-17-33(78)18-14-31)51(88)68-36(10-8-22-67-57(63)64)49(86)75-46(30(3)4)54(91)69-35(9-7-21-66-56(61)62)48(85)73-41(28-77)47(60)84/h13-20,29-30,35-41,46,65,77-79H,6-12,21-28H2,1-5H3,(H2,59,82)(H2,60,84)(H,68,88)(H,69,91)(H,70,90)(H,71,87)(H,72,89)(H,73,85)(H,74,92)(H,75,86)(H,76,83)(H4,61,62,66)(H4,63,64,67)/t35-,36-,37-,38-,39-,40-,41-,46-/m0/s1. The number of Topliss-reactive ketones (excluding diaryl/α,β-unsaturated/α-hetero) is 2. The Balaban J connectivity index is 2.04. The molecule has 1 saturated carbocycles. The minimum absolute atomic E-state index is 0.00718. The Labute approximate surface area is 530 Å². The molecule has 34 heteroatoms. The number of nitrogens with two attached hydrogens (primary N) is 4. The van der Waals surface area contributed by atoms with Crippen LogP contribution in [0.3, 0.4) is 0 Å². The number of aromatic hydroxyl groups is 2. The zero-order valence-electron chi connectivity index (χ0n) is 52.0. The average Bonchev–Trinajstić information content (AvgIpc) is 0.769. The predicted molar refractivity (Wildman–Crippen MR) is 330 cm³/mol. The molecule has 25 N–H and O–H groups in total. The zero-order valence-corrected chi connectivity index (χ0v) is 52.0. The summed E-state index contributed by atoms with van der Waals surface area (Å²) < 4.78 is 0. The molecular formula is C58H88N18O16. The number of primary amides is 2. The molecule has 1 aliphatic carbocycles. The highest BCUT2D eigenvalue weighted by molar-refractivity contribution is 6.31. The number of hydrogen-bond donors (Lipinski definition) is 21. The SMILES string of the molecule is CNCC(=O)NC1(C(=O)N[C@@H](Cc2ccc(O)cc2)C(=O)N[C@@H](CC(N)=O)C(=O)N[C@@H](CC(C)C)C(=O)N[C@@H](Cc2ccc(O)cc2)C(=O)N[C@@H](CCCNC(=N)N)C(=O)N[C@H](C(=O)N[C@@H](CCCNC(=N)N)C(=O)N[C@@H](CO)C(N)=O)C(C)C)C(=O)CCCC1=O. The molecule has 0 aliphatic heterocycles. The van der Waals surface area contributed by atoms with Gasteiger partial charge in [0, 0.05) is 38.8 Å². The van der Waals surface area contributed by atoms with Gasteiger partial charge in [-0.2, -0.15) is 0 Å². The van der Waals surface area contributed by atoms with Gasteiger partial charge in [0.15, 0.2) is 23.5 Å². The van der Waals surface area contributed by atoms with E-state index in [1.165, 1.54) is 55.6 Å². The highest BCUT2D eigenvalue weighted by atomic mass is 16.3. The summed E-state index contributed by atoms with van der Waals surface area (Å²) in [6.07, 6.45) is -2.49. The number of phenols is 2. The van der Waals surface area contributed by atoms with Gasteiger partial charge in [-0.05, 0) is 92.8 Å². The Morgan fingerprint density at radius 2 is 0.946 bits per heavy atom.